The number of rotatable bonds is 1. The second-order valence-electron chi connectivity index (χ2n) is 4.91. The lowest BCUT2D eigenvalue weighted by Crippen LogP contribution is -2.29. The lowest BCUT2D eigenvalue weighted by atomic mass is 10.0. The number of aryl methyl sites for hydroxylation is 1. The van der Waals surface area contributed by atoms with E-state index in [0.29, 0.717) is 5.69 Å². The number of fused-ring (bicyclic) bond motifs is 1. The quantitative estimate of drug-likeness (QED) is 0.749. The average molecular weight is 236 g/mol. The van der Waals surface area contributed by atoms with Crippen LogP contribution in [0.3, 0.4) is 0 Å². The Labute approximate surface area is 99.5 Å². The molecule has 2 heterocycles. The van der Waals surface area contributed by atoms with Gasteiger partial charge in [-0.2, -0.15) is 0 Å². The van der Waals surface area contributed by atoms with E-state index in [1.807, 2.05) is 17.2 Å². The molecule has 2 aliphatic rings. The molecule has 0 aromatic carbocycles. The van der Waals surface area contributed by atoms with E-state index < -0.39 is 0 Å². The first kappa shape index (κ1) is 10.3. The summed E-state index contributed by atoms with van der Waals surface area (Å²) in [4.78, 5) is 18.4. The lowest BCUT2D eigenvalue weighted by molar-refractivity contribution is 0.0775. The molecule has 16 heavy (non-hydrogen) atoms. The third kappa shape index (κ3) is 1.65. The van der Waals surface area contributed by atoms with Crippen molar-refractivity contribution in [1.82, 2.24) is 9.88 Å². The molecule has 2 fully saturated rings. The highest BCUT2D eigenvalue weighted by Gasteiger charge is 2.38. The number of aromatic nitrogens is 1. The molecule has 2 atom stereocenters. The Hall–Kier alpha value is -0.900. The Morgan fingerprint density at radius 2 is 2.12 bits per heavy atom. The standard InChI is InChI=1S/C12H16N2OS/c1-8-13-11(7-16-8)12(15)14-5-9-3-2-4-10(9)6-14/h7,9-10H,2-6H2,1H3. The van der Waals surface area contributed by atoms with Gasteiger partial charge < -0.3 is 4.90 Å². The zero-order valence-electron chi connectivity index (χ0n) is 9.48. The second-order valence-corrected chi connectivity index (χ2v) is 5.98. The Kier molecular flexibility index (Phi) is 2.46. The topological polar surface area (TPSA) is 33.2 Å². The van der Waals surface area contributed by atoms with Crippen LogP contribution >= 0.6 is 11.3 Å². The summed E-state index contributed by atoms with van der Waals surface area (Å²) in [5, 5.41) is 2.86. The van der Waals surface area contributed by atoms with E-state index in [-0.39, 0.29) is 5.91 Å². The molecule has 1 saturated carbocycles. The van der Waals surface area contributed by atoms with Gasteiger partial charge >= 0.3 is 0 Å². The number of likely N-dealkylation sites (tertiary alicyclic amines) is 1. The summed E-state index contributed by atoms with van der Waals surface area (Å²) in [6, 6.07) is 0. The first-order chi connectivity index (χ1) is 7.74. The summed E-state index contributed by atoms with van der Waals surface area (Å²) < 4.78 is 0. The molecule has 2 unspecified atom stereocenters. The largest absolute Gasteiger partial charge is 0.337 e. The zero-order chi connectivity index (χ0) is 11.1. The molecule has 86 valence electrons. The van der Waals surface area contributed by atoms with Gasteiger partial charge in [-0.05, 0) is 31.6 Å². The minimum atomic E-state index is 0.138. The van der Waals surface area contributed by atoms with Crippen molar-refractivity contribution in [3.8, 4) is 0 Å². The van der Waals surface area contributed by atoms with Crippen LogP contribution in [-0.2, 0) is 0 Å². The average Bonchev–Trinajstić information content (AvgIpc) is 2.89. The third-order valence-electron chi connectivity index (χ3n) is 3.85. The van der Waals surface area contributed by atoms with Gasteiger partial charge in [-0.15, -0.1) is 11.3 Å². The lowest BCUT2D eigenvalue weighted by Gasteiger charge is -2.15. The summed E-state index contributed by atoms with van der Waals surface area (Å²) in [6.45, 7) is 3.86. The van der Waals surface area contributed by atoms with E-state index in [4.69, 9.17) is 0 Å². The number of thiazole rings is 1. The summed E-state index contributed by atoms with van der Waals surface area (Å²) >= 11 is 1.55. The van der Waals surface area contributed by atoms with Crippen molar-refractivity contribution in [2.24, 2.45) is 11.8 Å². The van der Waals surface area contributed by atoms with Gasteiger partial charge in [0, 0.05) is 18.5 Å². The minimum absolute atomic E-state index is 0.138. The van der Waals surface area contributed by atoms with E-state index in [2.05, 4.69) is 4.98 Å². The molecule has 1 aliphatic carbocycles. The molecule has 0 radical (unpaired) electrons. The van der Waals surface area contributed by atoms with E-state index in [0.717, 1.165) is 29.9 Å². The van der Waals surface area contributed by atoms with E-state index in [1.54, 1.807) is 11.3 Å². The fourth-order valence-corrected chi connectivity index (χ4v) is 3.61. The predicted molar refractivity (Wildman–Crippen MR) is 63.6 cm³/mol. The highest BCUT2D eigenvalue weighted by Crippen LogP contribution is 2.38. The van der Waals surface area contributed by atoms with E-state index in [1.165, 1.54) is 19.3 Å². The maximum atomic E-state index is 12.2. The molecule has 1 aromatic heterocycles. The van der Waals surface area contributed by atoms with Gasteiger partial charge in [0.2, 0.25) is 0 Å². The number of hydrogen-bond donors (Lipinski definition) is 0. The van der Waals surface area contributed by atoms with Crippen molar-refractivity contribution in [2.45, 2.75) is 26.2 Å². The Morgan fingerprint density at radius 1 is 1.44 bits per heavy atom. The van der Waals surface area contributed by atoms with E-state index >= 15 is 0 Å². The zero-order valence-corrected chi connectivity index (χ0v) is 10.3. The van der Waals surface area contributed by atoms with Crippen molar-refractivity contribution in [1.29, 1.82) is 0 Å². The minimum Gasteiger partial charge on any atom is -0.337 e. The first-order valence-electron chi connectivity index (χ1n) is 5.95. The molecule has 0 N–H and O–H groups in total. The number of nitrogens with zero attached hydrogens (tertiary/aromatic N) is 2. The van der Waals surface area contributed by atoms with Gasteiger partial charge in [0.05, 0.1) is 5.01 Å². The van der Waals surface area contributed by atoms with Gasteiger partial charge in [0.15, 0.2) is 0 Å². The van der Waals surface area contributed by atoms with Crippen LogP contribution in [0.25, 0.3) is 0 Å². The Balaban J connectivity index is 1.73. The maximum absolute atomic E-state index is 12.2. The molecule has 1 amide bonds. The Morgan fingerprint density at radius 3 is 2.69 bits per heavy atom. The van der Waals surface area contributed by atoms with Crippen LogP contribution in [0.1, 0.15) is 34.8 Å². The molecule has 1 aliphatic heterocycles. The van der Waals surface area contributed by atoms with Crippen LogP contribution in [-0.4, -0.2) is 28.9 Å². The fraction of sp³-hybridized carbons (Fsp3) is 0.667. The molecule has 3 nitrogen and oxygen atoms in total. The smallest absolute Gasteiger partial charge is 0.273 e. The molecule has 1 saturated heterocycles. The summed E-state index contributed by atoms with van der Waals surface area (Å²) in [6.07, 6.45) is 3.97. The van der Waals surface area contributed by atoms with Crippen LogP contribution in [0.5, 0.6) is 0 Å². The fourth-order valence-electron chi connectivity index (χ4n) is 3.02. The predicted octanol–water partition coefficient (Wildman–Crippen LogP) is 2.32. The number of carbonyl (C=O) groups excluding carboxylic acids is 1. The molecule has 4 heteroatoms. The third-order valence-corrected chi connectivity index (χ3v) is 4.63. The van der Waals surface area contributed by atoms with Gasteiger partial charge in [0.1, 0.15) is 5.69 Å². The van der Waals surface area contributed by atoms with Crippen molar-refractivity contribution in [3.63, 3.8) is 0 Å². The van der Waals surface area contributed by atoms with Crippen molar-refractivity contribution < 1.29 is 4.79 Å². The van der Waals surface area contributed by atoms with Gasteiger partial charge in [-0.25, -0.2) is 4.98 Å². The van der Waals surface area contributed by atoms with Crippen LogP contribution in [0.15, 0.2) is 5.38 Å². The monoisotopic (exact) mass is 236 g/mol. The van der Waals surface area contributed by atoms with E-state index in [9.17, 15) is 4.79 Å². The normalized spacial score (nSPS) is 28.4. The molecular weight excluding hydrogens is 220 g/mol. The van der Waals surface area contributed by atoms with Crippen LogP contribution in [0.2, 0.25) is 0 Å². The van der Waals surface area contributed by atoms with Crippen LogP contribution < -0.4 is 0 Å². The highest BCUT2D eigenvalue weighted by atomic mass is 32.1. The summed E-state index contributed by atoms with van der Waals surface area (Å²) in [5.41, 5.74) is 0.641. The van der Waals surface area contributed by atoms with Crippen molar-refractivity contribution in [3.05, 3.63) is 16.1 Å². The number of carbonyl (C=O) groups is 1. The maximum Gasteiger partial charge on any atom is 0.273 e. The van der Waals surface area contributed by atoms with Gasteiger partial charge in [-0.1, -0.05) is 6.42 Å². The van der Waals surface area contributed by atoms with Crippen LogP contribution in [0.4, 0.5) is 0 Å². The summed E-state index contributed by atoms with van der Waals surface area (Å²) in [5.74, 6) is 1.67. The van der Waals surface area contributed by atoms with Crippen molar-refractivity contribution in [2.75, 3.05) is 13.1 Å². The molecule has 3 rings (SSSR count). The molecule has 1 aromatic rings. The highest BCUT2D eigenvalue weighted by molar-refractivity contribution is 7.09. The van der Waals surface area contributed by atoms with Crippen molar-refractivity contribution >= 4 is 17.2 Å². The molecule has 0 spiro atoms. The van der Waals surface area contributed by atoms with Gasteiger partial charge in [0.25, 0.3) is 5.91 Å². The molecular formula is C12H16N2OS. The second kappa shape index (κ2) is 3.84. The Bertz CT molecular complexity index is 403. The summed E-state index contributed by atoms with van der Waals surface area (Å²) in [7, 11) is 0. The number of amides is 1. The SMILES string of the molecule is Cc1nc(C(=O)N2CC3CCCC3C2)cs1. The first-order valence-corrected chi connectivity index (χ1v) is 6.83. The van der Waals surface area contributed by atoms with Gasteiger partial charge in [-0.3, -0.25) is 4.79 Å². The number of hydrogen-bond acceptors (Lipinski definition) is 3. The van der Waals surface area contributed by atoms with Crippen LogP contribution in [0, 0.1) is 18.8 Å². The molecule has 0 bridgehead atoms.